The van der Waals surface area contributed by atoms with E-state index in [2.05, 4.69) is 11.9 Å². The minimum absolute atomic E-state index is 0.255. The summed E-state index contributed by atoms with van der Waals surface area (Å²) >= 11 is 5.83. The molecule has 126 valence electrons. The molecule has 0 bridgehead atoms. The molecule has 2 aromatic carbocycles. The zero-order chi connectivity index (χ0) is 17.5. The zero-order valence-corrected chi connectivity index (χ0v) is 14.5. The van der Waals surface area contributed by atoms with Gasteiger partial charge in [0, 0.05) is 10.7 Å². The first-order valence-corrected chi connectivity index (χ1v) is 7.92. The summed E-state index contributed by atoms with van der Waals surface area (Å²) in [5, 5.41) is 3.39. The van der Waals surface area contributed by atoms with Crippen molar-refractivity contribution in [2.24, 2.45) is 0 Å². The lowest BCUT2D eigenvalue weighted by Gasteiger charge is -2.17. The molecule has 5 heteroatoms. The molecule has 4 nitrogen and oxygen atoms in total. The largest absolute Gasteiger partial charge is 0.493 e. The quantitative estimate of drug-likeness (QED) is 0.752. The lowest BCUT2D eigenvalue weighted by atomic mass is 10.1. The van der Waals surface area contributed by atoms with E-state index in [0.717, 1.165) is 12.0 Å². The van der Waals surface area contributed by atoms with E-state index in [4.69, 9.17) is 21.1 Å². The molecule has 1 atom stereocenters. The van der Waals surface area contributed by atoms with E-state index in [1.165, 1.54) is 0 Å². The molecule has 0 heterocycles. The van der Waals surface area contributed by atoms with Crippen molar-refractivity contribution in [1.82, 2.24) is 0 Å². The van der Waals surface area contributed by atoms with Gasteiger partial charge in [-0.05, 0) is 55.3 Å². The van der Waals surface area contributed by atoms with E-state index in [-0.39, 0.29) is 5.91 Å². The van der Waals surface area contributed by atoms with Gasteiger partial charge in [-0.3, -0.25) is 4.79 Å². The molecule has 2 rings (SSSR count). The number of rotatable bonds is 7. The lowest BCUT2D eigenvalue weighted by Crippen LogP contribution is -2.30. The van der Waals surface area contributed by atoms with Crippen LogP contribution in [0.5, 0.6) is 11.5 Å². The van der Waals surface area contributed by atoms with Crippen LogP contribution < -0.4 is 14.8 Å². The summed E-state index contributed by atoms with van der Waals surface area (Å²) in [6, 6.07) is 12.5. The van der Waals surface area contributed by atoms with Crippen LogP contribution in [-0.2, 0) is 11.2 Å². The Bertz CT molecular complexity index is 713. The number of halogens is 1. The molecule has 1 amide bonds. The highest BCUT2D eigenvalue weighted by Crippen LogP contribution is 2.29. The number of amides is 1. The number of hydrogen-bond acceptors (Lipinski definition) is 3. The number of nitrogens with one attached hydrogen (secondary N) is 1. The molecule has 0 aliphatic rings. The average Bonchev–Trinajstić information content (AvgIpc) is 2.58. The number of hydrogen-bond donors (Lipinski definition) is 1. The van der Waals surface area contributed by atoms with Crippen molar-refractivity contribution in [2.45, 2.75) is 19.4 Å². The first kappa shape index (κ1) is 17.9. The highest BCUT2D eigenvalue weighted by Gasteiger charge is 2.17. The van der Waals surface area contributed by atoms with E-state index in [0.29, 0.717) is 22.2 Å². The van der Waals surface area contributed by atoms with Gasteiger partial charge in [0.2, 0.25) is 0 Å². The van der Waals surface area contributed by atoms with Crippen LogP contribution in [0.15, 0.2) is 55.1 Å². The minimum Gasteiger partial charge on any atom is -0.493 e. The number of allylic oxidation sites excluding steroid dienone is 1. The molecule has 0 saturated carbocycles. The molecule has 0 aliphatic heterocycles. The Morgan fingerprint density at radius 1 is 1.25 bits per heavy atom. The first-order valence-electron chi connectivity index (χ1n) is 7.54. The first-order chi connectivity index (χ1) is 11.5. The van der Waals surface area contributed by atoms with E-state index < -0.39 is 6.10 Å². The number of carbonyl (C=O) groups excluding carboxylic acids is 1. The Morgan fingerprint density at radius 2 is 1.96 bits per heavy atom. The third-order valence-corrected chi connectivity index (χ3v) is 3.64. The summed E-state index contributed by atoms with van der Waals surface area (Å²) in [6.07, 6.45) is 1.88. The average molecular weight is 346 g/mol. The highest BCUT2D eigenvalue weighted by molar-refractivity contribution is 6.30. The number of ether oxygens (including phenoxy) is 2. The maximum Gasteiger partial charge on any atom is 0.265 e. The highest BCUT2D eigenvalue weighted by atomic mass is 35.5. The zero-order valence-electron chi connectivity index (χ0n) is 13.7. The van der Waals surface area contributed by atoms with Crippen molar-refractivity contribution < 1.29 is 14.3 Å². The number of methoxy groups -OCH3 is 1. The summed E-state index contributed by atoms with van der Waals surface area (Å²) in [4.78, 5) is 12.2. The fourth-order valence-electron chi connectivity index (χ4n) is 2.12. The molecular formula is C19H20ClNO3. The van der Waals surface area contributed by atoms with Crippen LogP contribution in [0.2, 0.25) is 5.02 Å². The third kappa shape index (κ3) is 4.77. The normalized spacial score (nSPS) is 11.5. The van der Waals surface area contributed by atoms with Gasteiger partial charge in [-0.25, -0.2) is 0 Å². The van der Waals surface area contributed by atoms with Crippen LogP contribution >= 0.6 is 11.6 Å². The van der Waals surface area contributed by atoms with Crippen molar-refractivity contribution in [3.8, 4) is 11.5 Å². The summed E-state index contributed by atoms with van der Waals surface area (Å²) in [7, 11) is 1.57. The summed E-state index contributed by atoms with van der Waals surface area (Å²) in [5.74, 6) is 0.846. The Hall–Kier alpha value is -2.46. The molecule has 0 unspecified atom stereocenters. The maximum atomic E-state index is 12.2. The second-order valence-corrected chi connectivity index (χ2v) is 5.67. The molecule has 1 N–H and O–H groups in total. The van der Waals surface area contributed by atoms with E-state index >= 15 is 0 Å². The van der Waals surface area contributed by atoms with Gasteiger partial charge in [0.05, 0.1) is 7.11 Å². The van der Waals surface area contributed by atoms with Crippen molar-refractivity contribution in [3.05, 3.63) is 65.7 Å². The minimum atomic E-state index is -0.681. The molecule has 0 radical (unpaired) electrons. The lowest BCUT2D eigenvalue weighted by molar-refractivity contribution is -0.122. The van der Waals surface area contributed by atoms with Crippen LogP contribution in [0.4, 0.5) is 5.69 Å². The van der Waals surface area contributed by atoms with Crippen molar-refractivity contribution >= 4 is 23.2 Å². The molecule has 24 heavy (non-hydrogen) atoms. The van der Waals surface area contributed by atoms with Crippen LogP contribution in [0, 0.1) is 0 Å². The van der Waals surface area contributed by atoms with Gasteiger partial charge in [0.25, 0.3) is 5.91 Å². The van der Waals surface area contributed by atoms with Crippen molar-refractivity contribution in [2.75, 3.05) is 12.4 Å². The van der Waals surface area contributed by atoms with Crippen LogP contribution in [0.1, 0.15) is 12.5 Å². The molecule has 0 spiro atoms. The Labute approximate surface area is 147 Å². The molecule has 2 aromatic rings. The molecule has 0 aliphatic carbocycles. The van der Waals surface area contributed by atoms with Crippen LogP contribution in [-0.4, -0.2) is 19.1 Å². The Balaban J connectivity index is 2.05. The van der Waals surface area contributed by atoms with Crippen LogP contribution in [0.25, 0.3) is 0 Å². The number of benzene rings is 2. The SMILES string of the molecule is C=CCc1ccc(O[C@H](C)C(=O)Nc2ccc(Cl)cc2)c(OC)c1. The summed E-state index contributed by atoms with van der Waals surface area (Å²) in [5.41, 5.74) is 1.72. The van der Waals surface area contributed by atoms with E-state index in [1.807, 2.05) is 18.2 Å². The summed E-state index contributed by atoms with van der Waals surface area (Å²) < 4.78 is 11.1. The predicted octanol–water partition coefficient (Wildman–Crippen LogP) is 4.48. The third-order valence-electron chi connectivity index (χ3n) is 3.39. The predicted molar refractivity (Wildman–Crippen MR) is 97.1 cm³/mol. The van der Waals surface area contributed by atoms with Gasteiger partial charge in [-0.1, -0.05) is 23.7 Å². The van der Waals surface area contributed by atoms with Crippen molar-refractivity contribution in [3.63, 3.8) is 0 Å². The monoisotopic (exact) mass is 345 g/mol. The van der Waals surface area contributed by atoms with Gasteiger partial charge >= 0.3 is 0 Å². The maximum absolute atomic E-state index is 12.2. The second-order valence-electron chi connectivity index (χ2n) is 5.23. The molecular weight excluding hydrogens is 326 g/mol. The number of anilines is 1. The topological polar surface area (TPSA) is 47.6 Å². The molecule has 0 aromatic heterocycles. The summed E-state index contributed by atoms with van der Waals surface area (Å²) in [6.45, 7) is 5.40. The Kier molecular flexibility index (Phi) is 6.27. The van der Waals surface area contributed by atoms with Crippen molar-refractivity contribution in [1.29, 1.82) is 0 Å². The number of carbonyl (C=O) groups is 1. The van der Waals surface area contributed by atoms with Gasteiger partial charge in [0.15, 0.2) is 17.6 Å². The van der Waals surface area contributed by atoms with Crippen LogP contribution in [0.3, 0.4) is 0 Å². The fraction of sp³-hybridized carbons (Fsp3) is 0.211. The van der Waals surface area contributed by atoms with Gasteiger partial charge < -0.3 is 14.8 Å². The van der Waals surface area contributed by atoms with Gasteiger partial charge in [-0.2, -0.15) is 0 Å². The van der Waals surface area contributed by atoms with Gasteiger partial charge in [0.1, 0.15) is 0 Å². The Morgan fingerprint density at radius 3 is 2.58 bits per heavy atom. The van der Waals surface area contributed by atoms with Gasteiger partial charge in [-0.15, -0.1) is 6.58 Å². The fourth-order valence-corrected chi connectivity index (χ4v) is 2.25. The molecule has 0 fully saturated rings. The molecule has 0 saturated heterocycles. The van der Waals surface area contributed by atoms with E-state index in [9.17, 15) is 4.79 Å². The second kappa shape index (κ2) is 8.41. The smallest absolute Gasteiger partial charge is 0.265 e. The van der Waals surface area contributed by atoms with E-state index in [1.54, 1.807) is 44.4 Å². The standard InChI is InChI=1S/C19H20ClNO3/c1-4-5-14-6-11-17(18(12-14)23-3)24-13(2)19(22)21-16-9-7-15(20)8-10-16/h4,6-13H,1,5H2,2-3H3,(H,21,22)/t13-/m1/s1.